The molecule has 4 rings (SSSR count). The molecule has 0 fully saturated rings. The summed E-state index contributed by atoms with van der Waals surface area (Å²) in [5.41, 5.74) is 5.93. The van der Waals surface area contributed by atoms with Crippen molar-refractivity contribution in [2.24, 2.45) is 0 Å². The van der Waals surface area contributed by atoms with Gasteiger partial charge in [-0.15, -0.1) is 13.2 Å². The van der Waals surface area contributed by atoms with Crippen molar-refractivity contribution in [2.45, 2.75) is 25.3 Å². The van der Waals surface area contributed by atoms with E-state index in [1.54, 1.807) is 0 Å². The summed E-state index contributed by atoms with van der Waals surface area (Å²) < 4.78 is 5.74. The summed E-state index contributed by atoms with van der Waals surface area (Å²) in [4.78, 5) is 2.46. The van der Waals surface area contributed by atoms with Crippen molar-refractivity contribution in [2.75, 3.05) is 13.1 Å². The van der Waals surface area contributed by atoms with E-state index in [4.69, 9.17) is 4.52 Å². The highest BCUT2D eigenvalue weighted by molar-refractivity contribution is 5.70. The van der Waals surface area contributed by atoms with Gasteiger partial charge in [-0.1, -0.05) is 65.8 Å². The van der Waals surface area contributed by atoms with Crippen LogP contribution in [0.15, 0.2) is 84.4 Å². The first-order chi connectivity index (χ1) is 13.8. The van der Waals surface area contributed by atoms with E-state index in [0.717, 1.165) is 49.4 Å². The van der Waals surface area contributed by atoms with E-state index in [1.807, 2.05) is 30.4 Å². The maximum absolute atomic E-state index is 5.74. The Hall–Kier alpha value is -2.91. The van der Waals surface area contributed by atoms with Crippen LogP contribution in [-0.4, -0.2) is 29.2 Å². The van der Waals surface area contributed by atoms with Gasteiger partial charge in [-0.3, -0.25) is 4.90 Å². The molecule has 0 aliphatic heterocycles. The summed E-state index contributed by atoms with van der Waals surface area (Å²) in [7, 11) is 0. The van der Waals surface area contributed by atoms with E-state index >= 15 is 0 Å². The van der Waals surface area contributed by atoms with E-state index in [9.17, 15) is 0 Å². The third-order valence-corrected chi connectivity index (χ3v) is 5.54. The van der Waals surface area contributed by atoms with Gasteiger partial charge in [0.15, 0.2) is 5.76 Å². The maximum atomic E-state index is 5.74. The minimum absolute atomic E-state index is 0.522. The van der Waals surface area contributed by atoms with Gasteiger partial charge in [-0.05, 0) is 30.4 Å². The van der Waals surface area contributed by atoms with Crippen LogP contribution in [0, 0.1) is 0 Å². The average Bonchev–Trinajstić information content (AvgIpc) is 3.23. The molecule has 1 heterocycles. The van der Waals surface area contributed by atoms with Gasteiger partial charge >= 0.3 is 0 Å². The molecule has 3 heteroatoms. The molecule has 0 N–H and O–H groups in total. The Balaban J connectivity index is 1.61. The molecule has 1 unspecified atom stereocenters. The van der Waals surface area contributed by atoms with Gasteiger partial charge in [0.2, 0.25) is 0 Å². The third-order valence-electron chi connectivity index (χ3n) is 5.54. The molecule has 0 saturated carbocycles. The molecule has 28 heavy (non-hydrogen) atoms. The first-order valence-electron chi connectivity index (χ1n) is 9.89. The first kappa shape index (κ1) is 18.5. The van der Waals surface area contributed by atoms with Crippen LogP contribution in [0.4, 0.5) is 0 Å². The fourth-order valence-electron chi connectivity index (χ4n) is 4.18. The Kier molecular flexibility index (Phi) is 5.54. The zero-order valence-electron chi connectivity index (χ0n) is 16.2. The van der Waals surface area contributed by atoms with Crippen LogP contribution in [0.5, 0.6) is 0 Å². The molecular weight excluding hydrogens is 344 g/mol. The minimum atomic E-state index is 0.522. The number of nitrogens with zero attached hydrogens (tertiary/aromatic N) is 2. The van der Waals surface area contributed by atoms with Crippen LogP contribution in [0.3, 0.4) is 0 Å². The van der Waals surface area contributed by atoms with Crippen LogP contribution in [-0.2, 0) is 12.8 Å². The van der Waals surface area contributed by atoms with Crippen molar-refractivity contribution in [3.8, 4) is 22.6 Å². The van der Waals surface area contributed by atoms with Crippen LogP contribution < -0.4 is 0 Å². The highest BCUT2D eigenvalue weighted by atomic mass is 16.5. The Morgan fingerprint density at radius 1 is 1.04 bits per heavy atom. The second kappa shape index (κ2) is 8.41. The smallest absolute Gasteiger partial charge is 0.167 e. The van der Waals surface area contributed by atoms with Gasteiger partial charge in [0.1, 0.15) is 5.69 Å². The normalized spacial score (nSPS) is 16.0. The lowest BCUT2D eigenvalue weighted by Gasteiger charge is -2.34. The van der Waals surface area contributed by atoms with Crippen molar-refractivity contribution in [1.82, 2.24) is 10.1 Å². The Morgan fingerprint density at radius 2 is 1.82 bits per heavy atom. The lowest BCUT2D eigenvalue weighted by atomic mass is 9.84. The zero-order valence-corrected chi connectivity index (χ0v) is 16.2. The Bertz CT molecular complexity index is 948. The molecule has 1 aliphatic carbocycles. The molecule has 3 nitrogen and oxygen atoms in total. The minimum Gasteiger partial charge on any atom is -0.356 e. The number of aromatic nitrogens is 1. The molecule has 0 saturated heterocycles. The average molecular weight is 370 g/mol. The predicted molar refractivity (Wildman–Crippen MR) is 115 cm³/mol. The van der Waals surface area contributed by atoms with Gasteiger partial charge in [0.25, 0.3) is 0 Å². The molecule has 0 radical (unpaired) electrons. The summed E-state index contributed by atoms with van der Waals surface area (Å²) >= 11 is 0. The molecule has 0 bridgehead atoms. The zero-order chi connectivity index (χ0) is 19.3. The number of hydrogen-bond acceptors (Lipinski definition) is 3. The Morgan fingerprint density at radius 3 is 2.57 bits per heavy atom. The third kappa shape index (κ3) is 3.71. The van der Waals surface area contributed by atoms with Crippen LogP contribution in [0.2, 0.25) is 0 Å². The lowest BCUT2D eigenvalue weighted by Crippen LogP contribution is -2.39. The van der Waals surface area contributed by atoms with Gasteiger partial charge in [-0.25, -0.2) is 0 Å². The molecule has 2 aromatic carbocycles. The topological polar surface area (TPSA) is 29.3 Å². The second-order valence-corrected chi connectivity index (χ2v) is 7.31. The van der Waals surface area contributed by atoms with Crippen molar-refractivity contribution in [3.05, 3.63) is 91.0 Å². The fraction of sp³-hybridized carbons (Fsp3) is 0.240. The van der Waals surface area contributed by atoms with Crippen molar-refractivity contribution >= 4 is 0 Å². The predicted octanol–water partition coefficient (Wildman–Crippen LogP) is 5.54. The first-order valence-corrected chi connectivity index (χ1v) is 9.89. The molecule has 1 aromatic heterocycles. The number of rotatable bonds is 7. The molecular formula is C25H26N2O. The Labute approximate surface area is 167 Å². The number of hydrogen-bond donors (Lipinski definition) is 0. The molecule has 1 aliphatic rings. The summed E-state index contributed by atoms with van der Waals surface area (Å²) in [5, 5.41) is 4.30. The van der Waals surface area contributed by atoms with Crippen molar-refractivity contribution in [1.29, 1.82) is 0 Å². The quantitative estimate of drug-likeness (QED) is 0.511. The van der Waals surface area contributed by atoms with E-state index in [2.05, 4.69) is 59.6 Å². The second-order valence-electron chi connectivity index (χ2n) is 7.31. The van der Waals surface area contributed by atoms with Gasteiger partial charge in [0.05, 0.1) is 0 Å². The maximum Gasteiger partial charge on any atom is 0.167 e. The van der Waals surface area contributed by atoms with E-state index in [0.29, 0.717) is 6.04 Å². The van der Waals surface area contributed by atoms with Crippen molar-refractivity contribution < 1.29 is 4.52 Å². The lowest BCUT2D eigenvalue weighted by molar-refractivity contribution is 0.220. The van der Waals surface area contributed by atoms with Gasteiger partial charge < -0.3 is 4.52 Å². The molecule has 0 amide bonds. The summed E-state index contributed by atoms with van der Waals surface area (Å²) in [6.45, 7) is 9.61. The monoisotopic (exact) mass is 370 g/mol. The van der Waals surface area contributed by atoms with Gasteiger partial charge in [-0.2, -0.15) is 0 Å². The van der Waals surface area contributed by atoms with Crippen molar-refractivity contribution in [3.63, 3.8) is 0 Å². The molecule has 142 valence electrons. The number of benzene rings is 2. The van der Waals surface area contributed by atoms with E-state index in [-0.39, 0.29) is 0 Å². The standard InChI is InChI=1S/C25H26N2O/c1-3-15-27(16-4-2)21-13-14-22-20(17-21)11-8-12-23(22)25-18-24(26-28-25)19-9-6-5-7-10-19/h3-12,18,21H,1-2,13-17H2. The van der Waals surface area contributed by atoms with E-state index in [1.165, 1.54) is 16.7 Å². The van der Waals surface area contributed by atoms with Crippen LogP contribution in [0.25, 0.3) is 22.6 Å². The molecule has 0 spiro atoms. The van der Waals surface area contributed by atoms with Gasteiger partial charge in [0, 0.05) is 36.3 Å². The van der Waals surface area contributed by atoms with Crippen LogP contribution in [0.1, 0.15) is 17.5 Å². The van der Waals surface area contributed by atoms with Crippen LogP contribution >= 0.6 is 0 Å². The highest BCUT2D eigenvalue weighted by Crippen LogP contribution is 2.34. The molecule has 1 atom stereocenters. The summed E-state index contributed by atoms with van der Waals surface area (Å²) in [6.07, 6.45) is 7.18. The summed E-state index contributed by atoms with van der Waals surface area (Å²) in [6, 6.07) is 19.3. The summed E-state index contributed by atoms with van der Waals surface area (Å²) in [5.74, 6) is 0.850. The molecule has 3 aromatic rings. The SMILES string of the molecule is C=CCN(CC=C)C1CCc2c(cccc2-c2cc(-c3ccccc3)no2)C1. The highest BCUT2D eigenvalue weighted by Gasteiger charge is 2.25. The van der Waals surface area contributed by atoms with E-state index < -0.39 is 0 Å². The largest absolute Gasteiger partial charge is 0.356 e. The number of fused-ring (bicyclic) bond motifs is 1. The fourth-order valence-corrected chi connectivity index (χ4v) is 4.18.